The molecule has 3 aliphatic heterocycles. The number of fused-ring (bicyclic) bond motifs is 1. The maximum atomic E-state index is 12.5. The summed E-state index contributed by atoms with van der Waals surface area (Å²) in [5.74, 6) is -2.49. The molecule has 0 aliphatic carbocycles. The maximum Gasteiger partial charge on any atom is 0.344 e. The smallest absolute Gasteiger partial charge is 0.344 e. The standard InChI is InChI=1S/C17H20O12S/c1-3-12(20)25-7-13(21)27-14-15-17(4-5-24-9-18)11(30(22,23)28-15)6-16(14,29-17)8-26-10(2)19/h3,9,11,14-15H,1,4-8H2,2H3. The van der Waals surface area contributed by atoms with E-state index in [1.807, 2.05) is 0 Å². The molecular formula is C17H20O12S. The van der Waals surface area contributed by atoms with E-state index in [4.69, 9.17) is 18.4 Å². The fourth-order valence-electron chi connectivity index (χ4n) is 4.16. The summed E-state index contributed by atoms with van der Waals surface area (Å²) in [4.78, 5) is 45.2. The molecule has 0 aromatic heterocycles. The first-order valence-electron chi connectivity index (χ1n) is 8.90. The van der Waals surface area contributed by atoms with Crippen molar-refractivity contribution < 1.29 is 55.5 Å². The van der Waals surface area contributed by atoms with Crippen LogP contribution >= 0.6 is 0 Å². The summed E-state index contributed by atoms with van der Waals surface area (Å²) in [5, 5.41) is -1.13. The lowest BCUT2D eigenvalue weighted by Gasteiger charge is -2.33. The minimum Gasteiger partial charge on any atom is -0.468 e. The van der Waals surface area contributed by atoms with Crippen molar-refractivity contribution in [3.05, 3.63) is 12.7 Å². The van der Waals surface area contributed by atoms with E-state index in [9.17, 15) is 27.6 Å². The Labute approximate surface area is 171 Å². The summed E-state index contributed by atoms with van der Waals surface area (Å²) in [6.45, 7) is 3.24. The van der Waals surface area contributed by atoms with E-state index >= 15 is 0 Å². The highest BCUT2D eigenvalue weighted by molar-refractivity contribution is 7.87. The van der Waals surface area contributed by atoms with Crippen LogP contribution in [0.4, 0.5) is 0 Å². The van der Waals surface area contributed by atoms with E-state index in [0.29, 0.717) is 0 Å². The second-order valence-corrected chi connectivity index (χ2v) is 8.79. The molecule has 3 fully saturated rings. The molecule has 5 unspecified atom stereocenters. The first-order valence-corrected chi connectivity index (χ1v) is 10.4. The summed E-state index contributed by atoms with van der Waals surface area (Å²) in [7, 11) is -4.10. The van der Waals surface area contributed by atoms with Crippen LogP contribution in [-0.4, -0.2) is 81.3 Å². The molecule has 166 valence electrons. The van der Waals surface area contributed by atoms with E-state index < -0.39 is 69.9 Å². The average Bonchev–Trinajstić information content (AvgIpc) is 3.19. The number of hydrogen-bond acceptors (Lipinski definition) is 12. The molecule has 3 aliphatic rings. The number of esters is 3. The molecule has 0 N–H and O–H groups in total. The van der Waals surface area contributed by atoms with Crippen LogP contribution in [0.5, 0.6) is 0 Å². The van der Waals surface area contributed by atoms with Gasteiger partial charge in [0, 0.05) is 25.8 Å². The summed E-state index contributed by atoms with van der Waals surface area (Å²) in [5.41, 5.74) is -2.96. The number of carbonyl (C=O) groups is 4. The van der Waals surface area contributed by atoms with Gasteiger partial charge in [-0.2, -0.15) is 8.42 Å². The SMILES string of the molecule is C=CC(=O)OCC(=O)OC1C2OS(=O)(=O)C3CC1(COC(C)=O)OC23CCOC=O. The second kappa shape index (κ2) is 7.96. The molecule has 3 rings (SSSR count). The van der Waals surface area contributed by atoms with Gasteiger partial charge in [-0.15, -0.1) is 0 Å². The van der Waals surface area contributed by atoms with Crippen molar-refractivity contribution in [1.29, 1.82) is 0 Å². The zero-order valence-corrected chi connectivity index (χ0v) is 16.8. The van der Waals surface area contributed by atoms with E-state index in [1.165, 1.54) is 0 Å². The molecular weight excluding hydrogens is 428 g/mol. The van der Waals surface area contributed by atoms with E-state index in [2.05, 4.69) is 16.1 Å². The molecule has 0 spiro atoms. The number of hydrogen-bond donors (Lipinski definition) is 0. The normalized spacial score (nSPS) is 34.8. The van der Waals surface area contributed by atoms with Crippen LogP contribution in [0, 0.1) is 0 Å². The van der Waals surface area contributed by atoms with Crippen molar-refractivity contribution in [3.8, 4) is 0 Å². The second-order valence-electron chi connectivity index (χ2n) is 7.04. The van der Waals surface area contributed by atoms with Gasteiger partial charge in [-0.05, 0) is 0 Å². The Morgan fingerprint density at radius 2 is 2.00 bits per heavy atom. The fourth-order valence-corrected chi connectivity index (χ4v) is 6.12. The minimum absolute atomic E-state index is 0.0539. The zero-order valence-electron chi connectivity index (χ0n) is 15.9. The van der Waals surface area contributed by atoms with Gasteiger partial charge >= 0.3 is 17.9 Å². The highest BCUT2D eigenvalue weighted by atomic mass is 32.2. The summed E-state index contributed by atoms with van der Waals surface area (Å²) in [6.07, 6.45) is -1.91. The Bertz CT molecular complexity index is 866. The van der Waals surface area contributed by atoms with Gasteiger partial charge in [-0.25, -0.2) is 9.59 Å². The van der Waals surface area contributed by atoms with Crippen LogP contribution in [-0.2, 0) is 57.2 Å². The Morgan fingerprint density at radius 1 is 1.27 bits per heavy atom. The molecule has 12 nitrogen and oxygen atoms in total. The van der Waals surface area contributed by atoms with Crippen LogP contribution in [0.25, 0.3) is 0 Å². The Balaban J connectivity index is 1.88. The van der Waals surface area contributed by atoms with Gasteiger partial charge in [-0.1, -0.05) is 6.58 Å². The highest BCUT2D eigenvalue weighted by Gasteiger charge is 2.81. The van der Waals surface area contributed by atoms with Crippen LogP contribution in [0.2, 0.25) is 0 Å². The van der Waals surface area contributed by atoms with Crippen LogP contribution < -0.4 is 0 Å². The molecule has 0 aromatic carbocycles. The predicted octanol–water partition coefficient (Wildman–Crippen LogP) is -1.24. The van der Waals surface area contributed by atoms with Crippen molar-refractivity contribution in [2.75, 3.05) is 19.8 Å². The molecule has 30 heavy (non-hydrogen) atoms. The Morgan fingerprint density at radius 3 is 2.63 bits per heavy atom. The maximum absolute atomic E-state index is 12.5. The van der Waals surface area contributed by atoms with E-state index in [1.54, 1.807) is 0 Å². The first kappa shape index (κ1) is 22.2. The number of carbonyl (C=O) groups excluding carboxylic acids is 4. The molecule has 0 radical (unpaired) electrons. The highest BCUT2D eigenvalue weighted by Crippen LogP contribution is 2.61. The molecule has 3 saturated heterocycles. The summed E-state index contributed by atoms with van der Waals surface area (Å²) in [6, 6.07) is 0. The fraction of sp³-hybridized carbons (Fsp3) is 0.647. The minimum atomic E-state index is -4.10. The molecule has 3 heterocycles. The lowest BCUT2D eigenvalue weighted by atomic mass is 9.76. The van der Waals surface area contributed by atoms with Crippen LogP contribution in [0.15, 0.2) is 12.7 Å². The number of rotatable bonds is 10. The predicted molar refractivity (Wildman–Crippen MR) is 93.0 cm³/mol. The van der Waals surface area contributed by atoms with Crippen molar-refractivity contribution in [2.24, 2.45) is 0 Å². The lowest BCUT2D eigenvalue weighted by molar-refractivity contribution is -0.177. The molecule has 2 bridgehead atoms. The van der Waals surface area contributed by atoms with Crippen molar-refractivity contribution >= 4 is 34.5 Å². The van der Waals surface area contributed by atoms with Crippen LogP contribution in [0.3, 0.4) is 0 Å². The Kier molecular flexibility index (Phi) is 5.89. The number of ether oxygens (including phenoxy) is 5. The molecule has 0 aromatic rings. The van der Waals surface area contributed by atoms with E-state index in [0.717, 1.165) is 13.0 Å². The average molecular weight is 448 g/mol. The van der Waals surface area contributed by atoms with Gasteiger partial charge in [0.1, 0.15) is 29.2 Å². The lowest BCUT2D eigenvalue weighted by Crippen LogP contribution is -2.55. The van der Waals surface area contributed by atoms with Gasteiger partial charge in [-0.3, -0.25) is 13.8 Å². The quantitative estimate of drug-likeness (QED) is 0.0979. The van der Waals surface area contributed by atoms with Crippen molar-refractivity contribution in [1.82, 2.24) is 0 Å². The summed E-state index contributed by atoms with van der Waals surface area (Å²) >= 11 is 0. The van der Waals surface area contributed by atoms with E-state index in [-0.39, 0.29) is 25.9 Å². The van der Waals surface area contributed by atoms with Gasteiger partial charge in [0.25, 0.3) is 16.6 Å². The molecule has 5 atom stereocenters. The monoisotopic (exact) mass is 448 g/mol. The van der Waals surface area contributed by atoms with Crippen molar-refractivity contribution in [2.45, 2.75) is 48.4 Å². The molecule has 0 amide bonds. The van der Waals surface area contributed by atoms with Gasteiger partial charge < -0.3 is 23.7 Å². The third-order valence-corrected chi connectivity index (χ3v) is 7.02. The van der Waals surface area contributed by atoms with Gasteiger partial charge in [0.05, 0.1) is 6.61 Å². The van der Waals surface area contributed by atoms with Gasteiger partial charge in [0.15, 0.2) is 12.7 Å². The first-order chi connectivity index (χ1) is 14.1. The van der Waals surface area contributed by atoms with Crippen molar-refractivity contribution in [3.63, 3.8) is 0 Å². The topological polar surface area (TPSA) is 158 Å². The van der Waals surface area contributed by atoms with Crippen LogP contribution in [0.1, 0.15) is 19.8 Å². The Hall–Kier alpha value is -2.51. The summed E-state index contributed by atoms with van der Waals surface area (Å²) < 4.78 is 56.1. The molecule has 0 saturated carbocycles. The third-order valence-electron chi connectivity index (χ3n) is 5.29. The largest absolute Gasteiger partial charge is 0.468 e. The molecule has 13 heteroatoms. The van der Waals surface area contributed by atoms with Gasteiger partial charge in [0.2, 0.25) is 0 Å². The zero-order chi connectivity index (χ0) is 22.2. The third kappa shape index (κ3) is 3.68.